The van der Waals surface area contributed by atoms with Crippen molar-refractivity contribution in [1.82, 2.24) is 25.9 Å². The van der Waals surface area contributed by atoms with E-state index in [0.29, 0.717) is 17.0 Å². The Morgan fingerprint density at radius 2 is 1.88 bits per heavy atom. The monoisotopic (exact) mass is 453 g/mol. The van der Waals surface area contributed by atoms with Crippen LogP contribution in [0.1, 0.15) is 40.5 Å². The zero-order valence-corrected chi connectivity index (χ0v) is 18.4. The van der Waals surface area contributed by atoms with Crippen molar-refractivity contribution in [1.29, 1.82) is 0 Å². The van der Waals surface area contributed by atoms with E-state index >= 15 is 0 Å². The number of furan rings is 1. The summed E-state index contributed by atoms with van der Waals surface area (Å²) in [6.45, 7) is 3.81. The quantitative estimate of drug-likeness (QED) is 0.450. The second-order valence-corrected chi connectivity index (χ2v) is 7.55. The molecule has 0 radical (unpaired) electrons. The number of nitrogens with zero attached hydrogens (tertiary/aromatic N) is 2. The van der Waals surface area contributed by atoms with Crippen LogP contribution in [0.2, 0.25) is 0 Å². The minimum atomic E-state index is -0.735. The number of halogens is 1. The topological polar surface area (TPSA) is 126 Å². The van der Waals surface area contributed by atoms with Gasteiger partial charge in [-0.15, -0.1) is 0 Å². The van der Waals surface area contributed by atoms with E-state index in [9.17, 15) is 18.8 Å². The lowest BCUT2D eigenvalue weighted by atomic mass is 10.0. The summed E-state index contributed by atoms with van der Waals surface area (Å²) in [5, 5.41) is 7.86. The SMILES string of the molecule is CNC(=O)[C@@H](NC(=O)c1ccc(-c2cc(CNC(=O)c3cccc(F)n3)ccn2)o1)C(C)C. The molecule has 0 unspecified atom stereocenters. The van der Waals surface area contributed by atoms with E-state index < -0.39 is 23.8 Å². The maximum atomic E-state index is 13.2. The van der Waals surface area contributed by atoms with E-state index in [1.54, 1.807) is 24.4 Å². The molecule has 33 heavy (non-hydrogen) atoms. The molecule has 3 aromatic rings. The summed E-state index contributed by atoms with van der Waals surface area (Å²) in [5.41, 5.74) is 1.14. The van der Waals surface area contributed by atoms with Crippen LogP contribution in [-0.4, -0.2) is 40.8 Å². The van der Waals surface area contributed by atoms with Gasteiger partial charge in [0.2, 0.25) is 11.9 Å². The Morgan fingerprint density at radius 3 is 2.58 bits per heavy atom. The van der Waals surface area contributed by atoms with Gasteiger partial charge in [-0.1, -0.05) is 19.9 Å². The zero-order valence-electron chi connectivity index (χ0n) is 18.4. The van der Waals surface area contributed by atoms with Crippen molar-refractivity contribution >= 4 is 17.7 Å². The van der Waals surface area contributed by atoms with Gasteiger partial charge in [-0.05, 0) is 47.9 Å². The van der Waals surface area contributed by atoms with Gasteiger partial charge in [0.05, 0.1) is 0 Å². The fraction of sp³-hybridized carbons (Fsp3) is 0.261. The highest BCUT2D eigenvalue weighted by molar-refractivity contribution is 5.96. The molecule has 1 atom stereocenters. The minimum Gasteiger partial charge on any atom is -0.449 e. The van der Waals surface area contributed by atoms with Crippen LogP contribution in [0.4, 0.5) is 4.39 Å². The third-order valence-electron chi connectivity index (χ3n) is 4.79. The predicted molar refractivity (Wildman–Crippen MR) is 117 cm³/mol. The fourth-order valence-electron chi connectivity index (χ4n) is 3.03. The third-order valence-corrected chi connectivity index (χ3v) is 4.79. The van der Waals surface area contributed by atoms with Gasteiger partial charge < -0.3 is 20.4 Å². The Kier molecular flexibility index (Phi) is 7.50. The van der Waals surface area contributed by atoms with Crippen molar-refractivity contribution in [3.63, 3.8) is 0 Å². The van der Waals surface area contributed by atoms with E-state index in [2.05, 4.69) is 25.9 Å². The Labute approximate surface area is 189 Å². The molecule has 0 saturated heterocycles. The summed E-state index contributed by atoms with van der Waals surface area (Å²) in [6.07, 6.45) is 1.54. The van der Waals surface area contributed by atoms with Crippen molar-refractivity contribution in [3.8, 4) is 11.5 Å². The van der Waals surface area contributed by atoms with Gasteiger partial charge in [-0.25, -0.2) is 4.98 Å². The molecular formula is C23H24FN5O4. The van der Waals surface area contributed by atoms with Gasteiger partial charge in [0.25, 0.3) is 11.8 Å². The van der Waals surface area contributed by atoms with Crippen LogP contribution in [0.3, 0.4) is 0 Å². The maximum Gasteiger partial charge on any atom is 0.287 e. The number of carbonyl (C=O) groups excluding carboxylic acids is 3. The van der Waals surface area contributed by atoms with Gasteiger partial charge in [0.15, 0.2) is 11.5 Å². The minimum absolute atomic E-state index is 0.0255. The first-order chi connectivity index (χ1) is 15.8. The highest BCUT2D eigenvalue weighted by atomic mass is 19.1. The van der Waals surface area contributed by atoms with E-state index in [0.717, 1.165) is 6.07 Å². The number of likely N-dealkylation sites (N-methyl/N-ethyl adjacent to an activating group) is 1. The molecule has 3 rings (SSSR count). The van der Waals surface area contributed by atoms with Crippen LogP contribution in [0.5, 0.6) is 0 Å². The number of carbonyl (C=O) groups is 3. The third kappa shape index (κ3) is 6.00. The second-order valence-electron chi connectivity index (χ2n) is 7.55. The highest BCUT2D eigenvalue weighted by Gasteiger charge is 2.25. The van der Waals surface area contributed by atoms with Gasteiger partial charge in [-0.3, -0.25) is 19.4 Å². The van der Waals surface area contributed by atoms with Crippen molar-refractivity contribution in [2.45, 2.75) is 26.4 Å². The molecule has 9 nitrogen and oxygen atoms in total. The molecule has 3 amide bonds. The summed E-state index contributed by atoms with van der Waals surface area (Å²) < 4.78 is 18.8. The first-order valence-electron chi connectivity index (χ1n) is 10.3. The molecule has 0 aromatic carbocycles. The van der Waals surface area contributed by atoms with Crippen molar-refractivity contribution in [2.24, 2.45) is 5.92 Å². The summed E-state index contributed by atoms with van der Waals surface area (Å²) in [5.74, 6) is -1.79. The largest absolute Gasteiger partial charge is 0.449 e. The van der Waals surface area contributed by atoms with Crippen molar-refractivity contribution in [2.75, 3.05) is 7.05 Å². The lowest BCUT2D eigenvalue weighted by Gasteiger charge is -2.19. The number of aromatic nitrogens is 2. The van der Waals surface area contributed by atoms with Crippen LogP contribution < -0.4 is 16.0 Å². The Balaban J connectivity index is 1.67. The molecule has 0 aliphatic carbocycles. The average molecular weight is 453 g/mol. The lowest BCUT2D eigenvalue weighted by molar-refractivity contribution is -0.123. The molecule has 3 aromatic heterocycles. The number of hydrogen-bond acceptors (Lipinski definition) is 6. The van der Waals surface area contributed by atoms with Crippen molar-refractivity contribution in [3.05, 3.63) is 71.6 Å². The highest BCUT2D eigenvalue weighted by Crippen LogP contribution is 2.21. The molecule has 3 N–H and O–H groups in total. The van der Waals surface area contributed by atoms with Crippen LogP contribution in [-0.2, 0) is 11.3 Å². The molecule has 0 aliphatic rings. The Bertz CT molecular complexity index is 1160. The molecule has 10 heteroatoms. The smallest absolute Gasteiger partial charge is 0.287 e. The van der Waals surface area contributed by atoms with Crippen LogP contribution in [0.15, 0.2) is 53.1 Å². The fourth-order valence-corrected chi connectivity index (χ4v) is 3.03. The average Bonchev–Trinajstić information content (AvgIpc) is 3.31. The molecule has 0 spiro atoms. The first kappa shape index (κ1) is 23.6. The number of pyridine rings is 2. The van der Waals surface area contributed by atoms with Gasteiger partial charge >= 0.3 is 0 Å². The van der Waals surface area contributed by atoms with E-state index in [4.69, 9.17) is 4.42 Å². The molecule has 0 bridgehead atoms. The molecule has 0 saturated carbocycles. The second kappa shape index (κ2) is 10.5. The number of amides is 3. The predicted octanol–water partition coefficient (Wildman–Crippen LogP) is 2.31. The Hall–Kier alpha value is -4.08. The normalized spacial score (nSPS) is 11.7. The van der Waals surface area contributed by atoms with Crippen LogP contribution in [0, 0.1) is 11.9 Å². The number of nitrogens with one attached hydrogen (secondary N) is 3. The van der Waals surface area contributed by atoms with Crippen LogP contribution in [0.25, 0.3) is 11.5 Å². The summed E-state index contributed by atoms with van der Waals surface area (Å²) in [6, 6.07) is 9.78. The van der Waals surface area contributed by atoms with Crippen molar-refractivity contribution < 1.29 is 23.2 Å². The molecule has 0 fully saturated rings. The van der Waals surface area contributed by atoms with Crippen LogP contribution >= 0.6 is 0 Å². The van der Waals surface area contributed by atoms with Gasteiger partial charge in [0, 0.05) is 19.8 Å². The standard InChI is InChI=1S/C23H24FN5O4/c1-13(2)20(23(32)25-3)29-22(31)18-8-7-17(33-18)16-11-14(9-10-26-16)12-27-21(30)15-5-4-6-19(24)28-15/h4-11,13,20H,12H2,1-3H3,(H,25,32)(H,27,30)(H,29,31)/t20-/m0/s1. The maximum absolute atomic E-state index is 13.2. The number of hydrogen-bond donors (Lipinski definition) is 3. The Morgan fingerprint density at radius 1 is 1.09 bits per heavy atom. The lowest BCUT2D eigenvalue weighted by Crippen LogP contribution is -2.48. The van der Waals surface area contributed by atoms with E-state index in [1.165, 1.54) is 25.2 Å². The molecular weight excluding hydrogens is 429 g/mol. The first-order valence-corrected chi connectivity index (χ1v) is 10.3. The van der Waals surface area contributed by atoms with E-state index in [-0.39, 0.29) is 29.8 Å². The molecule has 3 heterocycles. The molecule has 0 aliphatic heterocycles. The van der Waals surface area contributed by atoms with Gasteiger partial charge in [0.1, 0.15) is 17.4 Å². The summed E-state index contributed by atoms with van der Waals surface area (Å²) in [4.78, 5) is 44.5. The molecule has 172 valence electrons. The van der Waals surface area contributed by atoms with E-state index in [1.807, 2.05) is 13.8 Å². The number of rotatable bonds is 8. The zero-order chi connectivity index (χ0) is 24.0. The summed E-state index contributed by atoms with van der Waals surface area (Å²) in [7, 11) is 1.50. The summed E-state index contributed by atoms with van der Waals surface area (Å²) >= 11 is 0. The van der Waals surface area contributed by atoms with Gasteiger partial charge in [-0.2, -0.15) is 4.39 Å².